The molecule has 0 bridgehead atoms. The van der Waals surface area contributed by atoms with Crippen molar-refractivity contribution in [2.24, 2.45) is 0 Å². The Morgan fingerprint density at radius 2 is 1.85 bits per heavy atom. The smallest absolute Gasteiger partial charge is 0.263 e. The van der Waals surface area contributed by atoms with Gasteiger partial charge in [-0.05, 0) is 29.8 Å². The topological polar surface area (TPSA) is 65.4 Å². The van der Waals surface area contributed by atoms with Gasteiger partial charge in [0.25, 0.3) is 5.91 Å². The lowest BCUT2D eigenvalue weighted by Gasteiger charge is -2.12. The summed E-state index contributed by atoms with van der Waals surface area (Å²) >= 11 is 6.00. The van der Waals surface area contributed by atoms with Crippen LogP contribution >= 0.6 is 11.6 Å². The van der Waals surface area contributed by atoms with E-state index < -0.39 is 0 Å². The number of carbonyl (C=O) groups is 1. The number of hydrogen-bond donors (Lipinski definition) is 1. The molecule has 2 aromatic carbocycles. The summed E-state index contributed by atoms with van der Waals surface area (Å²) in [6.45, 7) is 0.550. The Morgan fingerprint density at radius 3 is 2.50 bits per heavy atom. The third kappa shape index (κ3) is 3.97. The Balaban J connectivity index is 1.76. The standard InChI is InChI=1S/C19H18ClN3O3/c1-25-16-7-4-8-17(26-2)18(16)19(24)22-15-10-21-23(12-15)11-13-5-3-6-14(20)9-13/h3-10,12H,11H2,1-2H3,(H,22,24). The van der Waals surface area contributed by atoms with Crippen LogP contribution in [0.4, 0.5) is 5.69 Å². The lowest BCUT2D eigenvalue weighted by molar-refractivity contribution is 0.102. The average Bonchev–Trinajstić information content (AvgIpc) is 3.07. The van der Waals surface area contributed by atoms with Gasteiger partial charge < -0.3 is 14.8 Å². The van der Waals surface area contributed by atoms with Gasteiger partial charge in [0.2, 0.25) is 0 Å². The first kappa shape index (κ1) is 17.8. The molecule has 3 rings (SSSR count). The van der Waals surface area contributed by atoms with E-state index in [0.717, 1.165) is 5.56 Å². The molecule has 1 aromatic heterocycles. The van der Waals surface area contributed by atoms with Crippen LogP contribution in [0.25, 0.3) is 0 Å². The molecule has 134 valence electrons. The monoisotopic (exact) mass is 371 g/mol. The van der Waals surface area contributed by atoms with E-state index in [1.807, 2.05) is 24.3 Å². The van der Waals surface area contributed by atoms with Crippen LogP contribution < -0.4 is 14.8 Å². The van der Waals surface area contributed by atoms with E-state index in [1.54, 1.807) is 35.3 Å². The third-order valence-electron chi connectivity index (χ3n) is 3.78. The van der Waals surface area contributed by atoms with Gasteiger partial charge >= 0.3 is 0 Å². The van der Waals surface area contributed by atoms with Crippen molar-refractivity contribution in [1.82, 2.24) is 9.78 Å². The van der Waals surface area contributed by atoms with Crippen molar-refractivity contribution in [3.05, 3.63) is 71.0 Å². The third-order valence-corrected chi connectivity index (χ3v) is 4.01. The first-order valence-corrected chi connectivity index (χ1v) is 8.27. The van der Waals surface area contributed by atoms with Gasteiger partial charge in [0.15, 0.2) is 0 Å². The maximum Gasteiger partial charge on any atom is 0.263 e. The first-order chi connectivity index (χ1) is 12.6. The highest BCUT2D eigenvalue weighted by atomic mass is 35.5. The van der Waals surface area contributed by atoms with E-state index in [2.05, 4.69) is 10.4 Å². The lowest BCUT2D eigenvalue weighted by atomic mass is 10.1. The van der Waals surface area contributed by atoms with E-state index in [-0.39, 0.29) is 5.91 Å². The number of amides is 1. The molecule has 0 atom stereocenters. The average molecular weight is 372 g/mol. The summed E-state index contributed by atoms with van der Waals surface area (Å²) in [5.74, 6) is 0.544. The van der Waals surface area contributed by atoms with Gasteiger partial charge in [-0.1, -0.05) is 29.8 Å². The molecule has 6 nitrogen and oxygen atoms in total. The van der Waals surface area contributed by atoms with Gasteiger partial charge in [-0.3, -0.25) is 9.48 Å². The molecule has 0 radical (unpaired) electrons. The van der Waals surface area contributed by atoms with Crippen LogP contribution in [0, 0.1) is 0 Å². The van der Waals surface area contributed by atoms with Crippen molar-refractivity contribution >= 4 is 23.2 Å². The number of halogens is 1. The van der Waals surface area contributed by atoms with Crippen molar-refractivity contribution in [1.29, 1.82) is 0 Å². The predicted molar refractivity (Wildman–Crippen MR) is 100 cm³/mol. The summed E-state index contributed by atoms with van der Waals surface area (Å²) in [7, 11) is 3.02. The van der Waals surface area contributed by atoms with Crippen molar-refractivity contribution in [3.63, 3.8) is 0 Å². The van der Waals surface area contributed by atoms with Crippen molar-refractivity contribution < 1.29 is 14.3 Å². The number of rotatable bonds is 6. The molecule has 1 amide bonds. The molecule has 0 unspecified atom stereocenters. The number of nitrogens with zero attached hydrogens (tertiary/aromatic N) is 2. The summed E-state index contributed by atoms with van der Waals surface area (Å²) in [4.78, 5) is 12.7. The highest BCUT2D eigenvalue weighted by Crippen LogP contribution is 2.29. The van der Waals surface area contributed by atoms with Gasteiger partial charge in [-0.15, -0.1) is 0 Å². The highest BCUT2D eigenvalue weighted by Gasteiger charge is 2.18. The van der Waals surface area contributed by atoms with E-state index in [0.29, 0.717) is 34.3 Å². The van der Waals surface area contributed by atoms with Crippen LogP contribution in [0.3, 0.4) is 0 Å². The number of hydrogen-bond acceptors (Lipinski definition) is 4. The largest absolute Gasteiger partial charge is 0.496 e. The molecule has 7 heteroatoms. The molecule has 0 saturated heterocycles. The molecule has 0 aliphatic heterocycles. The zero-order valence-electron chi connectivity index (χ0n) is 14.4. The minimum atomic E-state index is -0.332. The minimum Gasteiger partial charge on any atom is -0.496 e. The van der Waals surface area contributed by atoms with Gasteiger partial charge in [-0.25, -0.2) is 0 Å². The van der Waals surface area contributed by atoms with E-state index in [1.165, 1.54) is 14.2 Å². The van der Waals surface area contributed by atoms with Crippen molar-refractivity contribution in [3.8, 4) is 11.5 Å². The van der Waals surface area contributed by atoms with Crippen LogP contribution in [0.2, 0.25) is 5.02 Å². The van der Waals surface area contributed by atoms with Crippen LogP contribution in [-0.2, 0) is 6.54 Å². The summed E-state index contributed by atoms with van der Waals surface area (Å²) in [5, 5.41) is 7.76. The molecule has 1 heterocycles. The van der Waals surface area contributed by atoms with Crippen molar-refractivity contribution in [2.45, 2.75) is 6.54 Å². The number of anilines is 1. The normalized spacial score (nSPS) is 10.4. The van der Waals surface area contributed by atoms with Crippen molar-refractivity contribution in [2.75, 3.05) is 19.5 Å². The molecule has 0 saturated carbocycles. The highest BCUT2D eigenvalue weighted by molar-refractivity contribution is 6.30. The molecular formula is C19H18ClN3O3. The second kappa shape index (κ2) is 7.93. The van der Waals surface area contributed by atoms with Gasteiger partial charge in [0, 0.05) is 11.2 Å². The number of aromatic nitrogens is 2. The number of carbonyl (C=O) groups excluding carboxylic acids is 1. The fourth-order valence-corrected chi connectivity index (χ4v) is 2.82. The fraction of sp³-hybridized carbons (Fsp3) is 0.158. The maximum atomic E-state index is 12.7. The zero-order chi connectivity index (χ0) is 18.5. The molecular weight excluding hydrogens is 354 g/mol. The van der Waals surface area contributed by atoms with Crippen LogP contribution in [0.15, 0.2) is 54.9 Å². The lowest BCUT2D eigenvalue weighted by Crippen LogP contribution is -2.14. The number of ether oxygens (including phenoxy) is 2. The second-order valence-electron chi connectivity index (χ2n) is 5.55. The Bertz CT molecular complexity index is 902. The molecule has 26 heavy (non-hydrogen) atoms. The molecule has 0 fully saturated rings. The van der Waals surface area contributed by atoms with Crippen LogP contribution in [0.5, 0.6) is 11.5 Å². The summed E-state index contributed by atoms with van der Waals surface area (Å²) < 4.78 is 12.3. The Hall–Kier alpha value is -2.99. The summed E-state index contributed by atoms with van der Waals surface area (Å²) in [6.07, 6.45) is 3.34. The summed E-state index contributed by atoms with van der Waals surface area (Å²) in [6, 6.07) is 12.7. The number of nitrogens with one attached hydrogen (secondary N) is 1. The van der Waals surface area contributed by atoms with Crippen LogP contribution in [-0.4, -0.2) is 29.9 Å². The SMILES string of the molecule is COc1cccc(OC)c1C(=O)Nc1cnn(Cc2cccc(Cl)c2)c1. The molecule has 0 aliphatic rings. The van der Waals surface area contributed by atoms with Crippen LogP contribution in [0.1, 0.15) is 15.9 Å². The number of methoxy groups -OCH3 is 2. The van der Waals surface area contributed by atoms with Gasteiger partial charge in [-0.2, -0.15) is 5.10 Å². The quantitative estimate of drug-likeness (QED) is 0.714. The molecule has 0 aliphatic carbocycles. The van der Waals surface area contributed by atoms with E-state index >= 15 is 0 Å². The Kier molecular flexibility index (Phi) is 5.43. The Labute approximate surface area is 156 Å². The number of benzene rings is 2. The molecule has 3 aromatic rings. The fourth-order valence-electron chi connectivity index (χ4n) is 2.61. The van der Waals surface area contributed by atoms with Gasteiger partial charge in [0.05, 0.1) is 32.6 Å². The van der Waals surface area contributed by atoms with Gasteiger partial charge in [0.1, 0.15) is 17.1 Å². The van der Waals surface area contributed by atoms with E-state index in [4.69, 9.17) is 21.1 Å². The zero-order valence-corrected chi connectivity index (χ0v) is 15.2. The molecule has 1 N–H and O–H groups in total. The minimum absolute atomic E-state index is 0.332. The molecule has 0 spiro atoms. The first-order valence-electron chi connectivity index (χ1n) is 7.90. The maximum absolute atomic E-state index is 12.7. The predicted octanol–water partition coefficient (Wildman–Crippen LogP) is 3.85. The summed E-state index contributed by atoms with van der Waals surface area (Å²) in [5.41, 5.74) is 1.93. The Morgan fingerprint density at radius 1 is 1.15 bits per heavy atom. The van der Waals surface area contributed by atoms with E-state index in [9.17, 15) is 4.79 Å². The second-order valence-corrected chi connectivity index (χ2v) is 5.98.